The van der Waals surface area contributed by atoms with E-state index in [9.17, 15) is 0 Å². The van der Waals surface area contributed by atoms with Crippen LogP contribution in [0.1, 0.15) is 45.6 Å². The first-order chi connectivity index (χ1) is 12.2. The van der Waals surface area contributed by atoms with Crippen molar-refractivity contribution in [1.82, 2.24) is 19.8 Å². The van der Waals surface area contributed by atoms with Crippen molar-refractivity contribution < 1.29 is 4.74 Å². The number of piperidine rings is 1. The van der Waals surface area contributed by atoms with Crippen LogP contribution in [0.4, 0.5) is 0 Å². The van der Waals surface area contributed by atoms with Gasteiger partial charge < -0.3 is 19.5 Å². The molecule has 140 valence electrons. The van der Waals surface area contributed by atoms with Crippen LogP contribution in [0.5, 0.6) is 0 Å². The second-order valence-electron chi connectivity index (χ2n) is 7.70. The standard InChI is InChI=1S/C19H33N5O/c1-4-21-18(22-14-19(6-7-19)8-12-25-3)23-10-5-16(2)17(13-23)24-11-9-20-15-24/h9,11,15-17H,4-8,10,12-14H2,1-3H3,(H,21,22). The Balaban J connectivity index is 1.66. The van der Waals surface area contributed by atoms with Crippen LogP contribution in [-0.4, -0.2) is 60.3 Å². The van der Waals surface area contributed by atoms with E-state index in [-0.39, 0.29) is 0 Å². The predicted molar refractivity (Wildman–Crippen MR) is 101 cm³/mol. The third-order valence-electron chi connectivity index (χ3n) is 5.82. The minimum absolute atomic E-state index is 0.392. The fraction of sp³-hybridized carbons (Fsp3) is 0.789. The topological polar surface area (TPSA) is 54.7 Å². The molecule has 1 saturated heterocycles. The molecule has 1 aliphatic carbocycles. The number of ether oxygens (including phenoxy) is 1. The first-order valence-corrected chi connectivity index (χ1v) is 9.67. The van der Waals surface area contributed by atoms with E-state index in [4.69, 9.17) is 9.73 Å². The van der Waals surface area contributed by atoms with Gasteiger partial charge in [-0.2, -0.15) is 0 Å². The molecule has 2 fully saturated rings. The highest BCUT2D eigenvalue weighted by Gasteiger charge is 2.42. The second kappa shape index (κ2) is 8.21. The summed E-state index contributed by atoms with van der Waals surface area (Å²) in [5.41, 5.74) is 0.392. The maximum absolute atomic E-state index is 5.27. The molecule has 2 unspecified atom stereocenters. The Morgan fingerprint density at radius 2 is 2.28 bits per heavy atom. The summed E-state index contributed by atoms with van der Waals surface area (Å²) in [6, 6.07) is 0.462. The van der Waals surface area contributed by atoms with Crippen molar-refractivity contribution in [3.63, 3.8) is 0 Å². The highest BCUT2D eigenvalue weighted by atomic mass is 16.5. The Morgan fingerprint density at radius 3 is 2.92 bits per heavy atom. The zero-order valence-corrected chi connectivity index (χ0v) is 15.9. The fourth-order valence-electron chi connectivity index (χ4n) is 3.75. The van der Waals surface area contributed by atoms with Gasteiger partial charge in [0.25, 0.3) is 0 Å². The number of imidazole rings is 1. The van der Waals surface area contributed by atoms with E-state index in [1.54, 1.807) is 7.11 Å². The van der Waals surface area contributed by atoms with Crippen LogP contribution in [0.2, 0.25) is 0 Å². The van der Waals surface area contributed by atoms with Gasteiger partial charge in [0.2, 0.25) is 0 Å². The number of guanidine groups is 1. The lowest BCUT2D eigenvalue weighted by Gasteiger charge is -2.39. The zero-order valence-electron chi connectivity index (χ0n) is 15.9. The molecule has 6 nitrogen and oxygen atoms in total. The number of rotatable bonds is 7. The molecule has 25 heavy (non-hydrogen) atoms. The Kier molecular flexibility index (Phi) is 5.99. The summed E-state index contributed by atoms with van der Waals surface area (Å²) in [6.45, 7) is 9.23. The van der Waals surface area contributed by atoms with Gasteiger partial charge in [-0.15, -0.1) is 0 Å². The van der Waals surface area contributed by atoms with Crippen LogP contribution in [0.15, 0.2) is 23.7 Å². The fourth-order valence-corrected chi connectivity index (χ4v) is 3.75. The molecule has 0 spiro atoms. The lowest BCUT2D eigenvalue weighted by molar-refractivity contribution is 0.173. The Labute approximate surface area is 151 Å². The summed E-state index contributed by atoms with van der Waals surface area (Å²) in [7, 11) is 1.79. The Hall–Kier alpha value is -1.56. The number of aliphatic imine (C=N–C) groups is 1. The molecule has 1 saturated carbocycles. The molecule has 1 aromatic heterocycles. The lowest BCUT2D eigenvalue weighted by Crippen LogP contribution is -2.49. The van der Waals surface area contributed by atoms with Crippen LogP contribution in [0, 0.1) is 11.3 Å². The van der Waals surface area contributed by atoms with Gasteiger partial charge in [0, 0.05) is 52.3 Å². The Morgan fingerprint density at radius 1 is 1.44 bits per heavy atom. The van der Waals surface area contributed by atoms with Crippen molar-refractivity contribution in [2.45, 2.75) is 45.6 Å². The smallest absolute Gasteiger partial charge is 0.194 e. The van der Waals surface area contributed by atoms with Crippen molar-refractivity contribution >= 4 is 5.96 Å². The van der Waals surface area contributed by atoms with Gasteiger partial charge in [-0.1, -0.05) is 6.92 Å². The minimum atomic E-state index is 0.392. The molecule has 0 amide bonds. The first kappa shape index (κ1) is 18.2. The van der Waals surface area contributed by atoms with Crippen molar-refractivity contribution in [3.05, 3.63) is 18.7 Å². The van der Waals surface area contributed by atoms with Crippen LogP contribution in [0.3, 0.4) is 0 Å². The molecule has 2 heterocycles. The molecule has 1 N–H and O–H groups in total. The van der Waals surface area contributed by atoms with Gasteiger partial charge in [0.05, 0.1) is 12.4 Å². The van der Waals surface area contributed by atoms with Gasteiger partial charge in [-0.3, -0.25) is 4.99 Å². The third kappa shape index (κ3) is 4.54. The van der Waals surface area contributed by atoms with Crippen molar-refractivity contribution in [1.29, 1.82) is 0 Å². The number of likely N-dealkylation sites (tertiary alicyclic amines) is 1. The van der Waals surface area contributed by atoms with Crippen molar-refractivity contribution in [2.24, 2.45) is 16.3 Å². The molecular formula is C19H33N5O. The summed E-state index contributed by atoms with van der Waals surface area (Å²) >= 11 is 0. The maximum atomic E-state index is 5.27. The zero-order chi connectivity index (χ0) is 17.7. The summed E-state index contributed by atoms with van der Waals surface area (Å²) < 4.78 is 7.52. The quantitative estimate of drug-likeness (QED) is 0.608. The SMILES string of the molecule is CCNC(=NCC1(CCOC)CC1)N1CCC(C)C(n2ccnc2)C1. The van der Waals surface area contributed by atoms with Crippen LogP contribution in [-0.2, 0) is 4.74 Å². The maximum Gasteiger partial charge on any atom is 0.194 e. The van der Waals surface area contributed by atoms with Crippen LogP contribution >= 0.6 is 0 Å². The number of methoxy groups -OCH3 is 1. The molecular weight excluding hydrogens is 314 g/mol. The van der Waals surface area contributed by atoms with E-state index in [0.29, 0.717) is 17.4 Å². The lowest BCUT2D eigenvalue weighted by atomic mass is 9.93. The number of hydrogen-bond acceptors (Lipinski definition) is 3. The highest BCUT2D eigenvalue weighted by Crippen LogP contribution is 2.49. The summed E-state index contributed by atoms with van der Waals surface area (Å²) in [6.07, 6.45) is 10.8. The molecule has 1 aromatic rings. The Bertz CT molecular complexity index is 552. The van der Waals surface area contributed by atoms with E-state index in [0.717, 1.165) is 45.2 Å². The largest absolute Gasteiger partial charge is 0.385 e. The summed E-state index contributed by atoms with van der Waals surface area (Å²) in [5, 5.41) is 3.51. The molecule has 2 aliphatic rings. The monoisotopic (exact) mass is 347 g/mol. The third-order valence-corrected chi connectivity index (χ3v) is 5.82. The minimum Gasteiger partial charge on any atom is -0.385 e. The van der Waals surface area contributed by atoms with Crippen LogP contribution < -0.4 is 5.32 Å². The molecule has 0 radical (unpaired) electrons. The number of hydrogen-bond donors (Lipinski definition) is 1. The summed E-state index contributed by atoms with van der Waals surface area (Å²) in [4.78, 5) is 11.7. The van der Waals surface area contributed by atoms with Gasteiger partial charge in [-0.05, 0) is 43.9 Å². The molecule has 6 heteroatoms. The number of nitrogens with one attached hydrogen (secondary N) is 1. The average Bonchev–Trinajstić information content (AvgIpc) is 3.18. The van der Waals surface area contributed by atoms with Gasteiger partial charge in [0.15, 0.2) is 5.96 Å². The molecule has 2 atom stereocenters. The number of aromatic nitrogens is 2. The van der Waals surface area contributed by atoms with E-state index in [2.05, 4.69) is 39.8 Å². The molecule has 3 rings (SSSR count). The van der Waals surface area contributed by atoms with Gasteiger partial charge >= 0.3 is 0 Å². The van der Waals surface area contributed by atoms with Crippen molar-refractivity contribution in [3.8, 4) is 0 Å². The van der Waals surface area contributed by atoms with Crippen LogP contribution in [0.25, 0.3) is 0 Å². The molecule has 0 bridgehead atoms. The van der Waals surface area contributed by atoms with E-state index in [1.807, 2.05) is 12.5 Å². The molecule has 1 aliphatic heterocycles. The van der Waals surface area contributed by atoms with E-state index >= 15 is 0 Å². The first-order valence-electron chi connectivity index (χ1n) is 9.67. The normalized spacial score (nSPS) is 25.9. The van der Waals surface area contributed by atoms with E-state index in [1.165, 1.54) is 19.3 Å². The van der Waals surface area contributed by atoms with E-state index < -0.39 is 0 Å². The average molecular weight is 348 g/mol. The van der Waals surface area contributed by atoms with Gasteiger partial charge in [0.1, 0.15) is 0 Å². The second-order valence-corrected chi connectivity index (χ2v) is 7.70. The predicted octanol–water partition coefficient (Wildman–Crippen LogP) is 2.55. The molecule has 0 aromatic carbocycles. The summed E-state index contributed by atoms with van der Waals surface area (Å²) in [5.74, 6) is 1.73. The van der Waals surface area contributed by atoms with Gasteiger partial charge in [-0.25, -0.2) is 4.98 Å². The number of nitrogens with zero attached hydrogens (tertiary/aromatic N) is 4. The highest BCUT2D eigenvalue weighted by molar-refractivity contribution is 5.80. The van der Waals surface area contributed by atoms with Crippen molar-refractivity contribution in [2.75, 3.05) is 39.9 Å².